The summed E-state index contributed by atoms with van der Waals surface area (Å²) in [7, 11) is 0. The zero-order chi connectivity index (χ0) is 17.5. The molecule has 0 bridgehead atoms. The average molecular weight is 321 g/mol. The number of rotatable bonds is 6. The summed E-state index contributed by atoms with van der Waals surface area (Å²) in [5, 5.41) is 15.2. The van der Waals surface area contributed by atoms with Gasteiger partial charge >= 0.3 is 0 Å². The van der Waals surface area contributed by atoms with Crippen LogP contribution in [0.25, 0.3) is 0 Å². The number of benzene rings is 2. The van der Waals surface area contributed by atoms with E-state index in [1.165, 1.54) is 5.56 Å². The molecule has 0 aliphatic carbocycles. The highest BCUT2D eigenvalue weighted by Crippen LogP contribution is 2.22. The lowest BCUT2D eigenvalue weighted by molar-refractivity contribution is -0.118. The minimum atomic E-state index is -0.358. The fraction of sp³-hybridized carbons (Fsp3) is 0.300. The maximum Gasteiger partial charge on any atom is 0.241 e. The van der Waals surface area contributed by atoms with Gasteiger partial charge in [0.2, 0.25) is 5.91 Å². The van der Waals surface area contributed by atoms with Crippen LogP contribution in [0, 0.1) is 17.2 Å². The Balaban J connectivity index is 2.05. The van der Waals surface area contributed by atoms with Crippen molar-refractivity contribution in [2.24, 2.45) is 5.92 Å². The fourth-order valence-corrected chi connectivity index (χ4v) is 2.60. The molecule has 0 unspecified atom stereocenters. The molecule has 0 saturated heterocycles. The van der Waals surface area contributed by atoms with Gasteiger partial charge in [-0.3, -0.25) is 10.1 Å². The highest BCUT2D eigenvalue weighted by Gasteiger charge is 2.21. The van der Waals surface area contributed by atoms with Crippen molar-refractivity contribution in [3.63, 3.8) is 0 Å². The topological polar surface area (TPSA) is 64.9 Å². The molecule has 0 spiro atoms. The summed E-state index contributed by atoms with van der Waals surface area (Å²) in [5.41, 5.74) is 2.32. The number of hydrogen-bond donors (Lipinski definition) is 2. The van der Waals surface area contributed by atoms with E-state index in [2.05, 4.69) is 42.7 Å². The van der Waals surface area contributed by atoms with Crippen LogP contribution < -0.4 is 10.6 Å². The molecule has 0 heterocycles. The van der Waals surface area contributed by atoms with Gasteiger partial charge in [-0.05, 0) is 36.6 Å². The molecule has 4 nitrogen and oxygen atoms in total. The van der Waals surface area contributed by atoms with Gasteiger partial charge in [-0.1, -0.05) is 50.2 Å². The lowest BCUT2D eigenvalue weighted by atomic mass is 9.95. The molecule has 4 heteroatoms. The van der Waals surface area contributed by atoms with E-state index in [4.69, 9.17) is 5.26 Å². The van der Waals surface area contributed by atoms with Gasteiger partial charge in [-0.25, -0.2) is 0 Å². The molecule has 2 atom stereocenters. The summed E-state index contributed by atoms with van der Waals surface area (Å²) >= 11 is 0. The Morgan fingerprint density at radius 1 is 1.04 bits per heavy atom. The third-order valence-electron chi connectivity index (χ3n) is 3.91. The number of nitrogens with one attached hydrogen (secondary N) is 2. The van der Waals surface area contributed by atoms with Crippen LogP contribution in [-0.2, 0) is 4.79 Å². The predicted octanol–water partition coefficient (Wildman–Crippen LogP) is 3.87. The van der Waals surface area contributed by atoms with E-state index in [-0.39, 0.29) is 18.0 Å². The molecule has 2 aromatic rings. The van der Waals surface area contributed by atoms with Gasteiger partial charge in [0.25, 0.3) is 0 Å². The Labute approximate surface area is 143 Å². The standard InChI is InChI=1S/C20H23N3O/c1-14(2)19(17-9-5-4-6-10-17)22-15(3)20(24)23-18-11-7-8-16(12-18)13-21/h4-12,14-15,19,22H,1-3H3,(H,23,24)/t15-,19-/m0/s1. The number of amides is 1. The van der Waals surface area contributed by atoms with E-state index in [9.17, 15) is 4.79 Å². The SMILES string of the molecule is CC(C)[C@H](N[C@@H](C)C(=O)Nc1cccc(C#N)c1)c1ccccc1. The molecule has 0 aromatic heterocycles. The Hall–Kier alpha value is -2.64. The van der Waals surface area contributed by atoms with Crippen LogP contribution in [0.3, 0.4) is 0 Å². The fourth-order valence-electron chi connectivity index (χ4n) is 2.60. The highest BCUT2D eigenvalue weighted by molar-refractivity contribution is 5.94. The van der Waals surface area contributed by atoms with Crippen LogP contribution in [0.4, 0.5) is 5.69 Å². The molecule has 24 heavy (non-hydrogen) atoms. The van der Waals surface area contributed by atoms with Crippen molar-refractivity contribution in [2.45, 2.75) is 32.9 Å². The van der Waals surface area contributed by atoms with Gasteiger partial charge in [0.1, 0.15) is 0 Å². The molecule has 124 valence electrons. The van der Waals surface area contributed by atoms with Crippen LogP contribution in [0.15, 0.2) is 54.6 Å². The Kier molecular flexibility index (Phi) is 6.11. The van der Waals surface area contributed by atoms with Crippen molar-refractivity contribution in [1.82, 2.24) is 5.32 Å². The van der Waals surface area contributed by atoms with E-state index >= 15 is 0 Å². The van der Waals surface area contributed by atoms with Gasteiger partial charge in [-0.15, -0.1) is 0 Å². The van der Waals surface area contributed by atoms with E-state index in [0.717, 1.165) is 0 Å². The van der Waals surface area contributed by atoms with Crippen molar-refractivity contribution in [3.05, 3.63) is 65.7 Å². The number of anilines is 1. The monoisotopic (exact) mass is 321 g/mol. The molecule has 1 amide bonds. The molecule has 0 aliphatic rings. The zero-order valence-electron chi connectivity index (χ0n) is 14.3. The largest absolute Gasteiger partial charge is 0.325 e. The first-order valence-corrected chi connectivity index (χ1v) is 8.13. The van der Waals surface area contributed by atoms with Gasteiger partial charge in [-0.2, -0.15) is 5.26 Å². The van der Waals surface area contributed by atoms with Crippen molar-refractivity contribution in [3.8, 4) is 6.07 Å². The van der Waals surface area contributed by atoms with Crippen molar-refractivity contribution in [1.29, 1.82) is 5.26 Å². The minimum Gasteiger partial charge on any atom is -0.325 e. The van der Waals surface area contributed by atoms with Crippen molar-refractivity contribution in [2.75, 3.05) is 5.32 Å². The normalized spacial score (nSPS) is 13.1. The van der Waals surface area contributed by atoms with Gasteiger partial charge in [0, 0.05) is 11.7 Å². The first-order chi connectivity index (χ1) is 11.5. The molecular formula is C20H23N3O. The first-order valence-electron chi connectivity index (χ1n) is 8.13. The second-order valence-corrected chi connectivity index (χ2v) is 6.20. The molecule has 2 aromatic carbocycles. The highest BCUT2D eigenvalue weighted by atomic mass is 16.2. The van der Waals surface area contributed by atoms with E-state index in [1.54, 1.807) is 24.3 Å². The van der Waals surface area contributed by atoms with Crippen LogP contribution in [0.1, 0.15) is 37.9 Å². The number of hydrogen-bond acceptors (Lipinski definition) is 3. The second kappa shape index (κ2) is 8.28. The van der Waals surface area contributed by atoms with Crippen LogP contribution in [0.5, 0.6) is 0 Å². The van der Waals surface area contributed by atoms with E-state index in [1.807, 2.05) is 25.1 Å². The molecule has 2 N–H and O–H groups in total. The number of nitrogens with zero attached hydrogens (tertiary/aromatic N) is 1. The van der Waals surface area contributed by atoms with Crippen LogP contribution in [-0.4, -0.2) is 11.9 Å². The summed E-state index contributed by atoms with van der Waals surface area (Å²) < 4.78 is 0. The van der Waals surface area contributed by atoms with Crippen LogP contribution >= 0.6 is 0 Å². The molecule has 0 saturated carbocycles. The number of carbonyl (C=O) groups is 1. The lowest BCUT2D eigenvalue weighted by Crippen LogP contribution is -2.41. The maximum atomic E-state index is 12.4. The molecule has 0 fully saturated rings. The average Bonchev–Trinajstić information content (AvgIpc) is 2.60. The minimum absolute atomic E-state index is 0.0948. The molecule has 2 rings (SSSR count). The Morgan fingerprint density at radius 2 is 1.75 bits per heavy atom. The Bertz CT molecular complexity index is 719. The van der Waals surface area contributed by atoms with Gasteiger partial charge in [0.05, 0.1) is 17.7 Å². The third kappa shape index (κ3) is 4.68. The van der Waals surface area contributed by atoms with Crippen molar-refractivity contribution < 1.29 is 4.79 Å². The number of carbonyl (C=O) groups excluding carboxylic acids is 1. The van der Waals surface area contributed by atoms with Gasteiger partial charge < -0.3 is 5.32 Å². The lowest BCUT2D eigenvalue weighted by Gasteiger charge is -2.26. The summed E-state index contributed by atoms with van der Waals surface area (Å²) in [6.07, 6.45) is 0. The number of nitriles is 1. The summed E-state index contributed by atoms with van der Waals surface area (Å²) in [4.78, 5) is 12.4. The molecular weight excluding hydrogens is 298 g/mol. The van der Waals surface area contributed by atoms with Crippen LogP contribution in [0.2, 0.25) is 0 Å². The van der Waals surface area contributed by atoms with E-state index in [0.29, 0.717) is 17.2 Å². The summed E-state index contributed by atoms with van der Waals surface area (Å²) in [5.74, 6) is 0.233. The molecule has 0 radical (unpaired) electrons. The summed E-state index contributed by atoms with van der Waals surface area (Å²) in [6.45, 7) is 6.11. The quantitative estimate of drug-likeness (QED) is 0.849. The van der Waals surface area contributed by atoms with E-state index < -0.39 is 0 Å². The Morgan fingerprint density at radius 3 is 2.38 bits per heavy atom. The first kappa shape index (κ1) is 17.7. The zero-order valence-corrected chi connectivity index (χ0v) is 14.3. The maximum absolute atomic E-state index is 12.4. The summed E-state index contributed by atoms with van der Waals surface area (Å²) in [6, 6.07) is 18.9. The molecule has 0 aliphatic heterocycles. The smallest absolute Gasteiger partial charge is 0.241 e. The second-order valence-electron chi connectivity index (χ2n) is 6.20. The van der Waals surface area contributed by atoms with Crippen molar-refractivity contribution >= 4 is 11.6 Å². The predicted molar refractivity (Wildman–Crippen MR) is 96.4 cm³/mol. The van der Waals surface area contributed by atoms with Gasteiger partial charge in [0.15, 0.2) is 0 Å². The third-order valence-corrected chi connectivity index (χ3v) is 3.91.